The molecule has 1 aromatic rings. The van der Waals surface area contributed by atoms with E-state index >= 15 is 0 Å². The van der Waals surface area contributed by atoms with Crippen molar-refractivity contribution in [3.63, 3.8) is 0 Å². The quantitative estimate of drug-likeness (QED) is 0.396. The normalized spacial score (nSPS) is 10.6. The number of carbonyl (C=O) groups excluding carboxylic acids is 1. The molecule has 0 aliphatic heterocycles. The fourth-order valence-corrected chi connectivity index (χ4v) is 3.00. The molecule has 0 heterocycles. The summed E-state index contributed by atoms with van der Waals surface area (Å²) in [6, 6.07) is 8.36. The van der Waals surface area contributed by atoms with Crippen LogP contribution in [0.5, 0.6) is 0 Å². The van der Waals surface area contributed by atoms with E-state index in [0.29, 0.717) is 6.42 Å². The minimum Gasteiger partial charge on any atom is -0.326 e. The predicted octanol–water partition coefficient (Wildman–Crippen LogP) is 6.07. The van der Waals surface area contributed by atoms with Crippen LogP contribution < -0.4 is 5.32 Å². The molecule has 4 heteroatoms. The van der Waals surface area contributed by atoms with Crippen molar-refractivity contribution in [2.75, 3.05) is 26.0 Å². The Morgan fingerprint density at radius 1 is 0.885 bits per heavy atom. The van der Waals surface area contributed by atoms with Gasteiger partial charge in [-0.15, -0.1) is 12.4 Å². The molecule has 0 aliphatic carbocycles. The summed E-state index contributed by atoms with van der Waals surface area (Å²) in [7, 11) is 4.06. The maximum atomic E-state index is 11.9. The molecule has 0 aromatic heterocycles. The van der Waals surface area contributed by atoms with Crippen LogP contribution >= 0.6 is 12.4 Å². The summed E-state index contributed by atoms with van der Waals surface area (Å²) < 4.78 is 0. The molecule has 0 unspecified atom stereocenters. The fourth-order valence-electron chi connectivity index (χ4n) is 3.00. The van der Waals surface area contributed by atoms with Gasteiger partial charge in [0.05, 0.1) is 0 Å². The van der Waals surface area contributed by atoms with Crippen LogP contribution in [0.2, 0.25) is 0 Å². The van der Waals surface area contributed by atoms with E-state index < -0.39 is 0 Å². The lowest BCUT2D eigenvalue weighted by molar-refractivity contribution is -0.116. The lowest BCUT2D eigenvalue weighted by Crippen LogP contribution is -2.17. The highest BCUT2D eigenvalue weighted by Gasteiger charge is 2.03. The molecule has 0 saturated carbocycles. The van der Waals surface area contributed by atoms with Crippen molar-refractivity contribution in [2.24, 2.45) is 0 Å². The number of hydrogen-bond donors (Lipinski definition) is 1. The number of nitrogens with zero attached hydrogens (tertiary/aromatic N) is 1. The van der Waals surface area contributed by atoms with E-state index in [1.807, 2.05) is 26.2 Å². The van der Waals surface area contributed by atoms with Crippen LogP contribution in [0, 0.1) is 0 Å². The Morgan fingerprint density at radius 3 is 2.04 bits per heavy atom. The Morgan fingerprint density at radius 2 is 1.46 bits per heavy atom. The first-order chi connectivity index (χ1) is 12.1. The lowest BCUT2D eigenvalue weighted by Gasteiger charge is -2.09. The average Bonchev–Trinajstić information content (AvgIpc) is 2.58. The zero-order valence-corrected chi connectivity index (χ0v) is 17.9. The number of aryl methyl sites for hydroxylation is 1. The first-order valence-corrected chi connectivity index (χ1v) is 10.2. The van der Waals surface area contributed by atoms with Crippen LogP contribution in [-0.2, 0) is 11.2 Å². The number of carbonyl (C=O) groups is 1. The minimum absolute atomic E-state index is 0. The van der Waals surface area contributed by atoms with Crippen LogP contribution in [0.15, 0.2) is 24.3 Å². The van der Waals surface area contributed by atoms with Gasteiger partial charge in [0.2, 0.25) is 5.91 Å². The van der Waals surface area contributed by atoms with Gasteiger partial charge in [-0.1, -0.05) is 64.0 Å². The number of hydrogen-bond acceptors (Lipinski definition) is 2. The van der Waals surface area contributed by atoms with Gasteiger partial charge < -0.3 is 10.2 Å². The molecule has 26 heavy (non-hydrogen) atoms. The molecular weight excluding hydrogens is 344 g/mol. The van der Waals surface area contributed by atoms with E-state index in [4.69, 9.17) is 0 Å². The van der Waals surface area contributed by atoms with Gasteiger partial charge in [0, 0.05) is 12.1 Å². The molecule has 0 atom stereocenters. The van der Waals surface area contributed by atoms with E-state index in [0.717, 1.165) is 25.1 Å². The van der Waals surface area contributed by atoms with Crippen molar-refractivity contribution in [1.82, 2.24) is 4.90 Å². The SMILES string of the molecule is CCCCCCCCCCc1ccc(NC(=O)CCCN(C)C)cc1.Cl. The number of benzene rings is 1. The summed E-state index contributed by atoms with van der Waals surface area (Å²) in [6.07, 6.45) is 13.5. The van der Waals surface area contributed by atoms with Crippen molar-refractivity contribution in [3.05, 3.63) is 29.8 Å². The van der Waals surface area contributed by atoms with Crippen LogP contribution in [0.4, 0.5) is 5.69 Å². The van der Waals surface area contributed by atoms with Crippen molar-refractivity contribution in [3.8, 4) is 0 Å². The Kier molecular flexibility index (Phi) is 15.5. The third-order valence-electron chi connectivity index (χ3n) is 4.57. The topological polar surface area (TPSA) is 32.3 Å². The first-order valence-electron chi connectivity index (χ1n) is 10.2. The van der Waals surface area contributed by atoms with E-state index in [9.17, 15) is 4.79 Å². The molecule has 0 bridgehead atoms. The Bertz CT molecular complexity index is 460. The monoisotopic (exact) mass is 382 g/mol. The van der Waals surface area contributed by atoms with Crippen LogP contribution in [0.3, 0.4) is 0 Å². The molecule has 3 nitrogen and oxygen atoms in total. The molecular formula is C22H39ClN2O. The van der Waals surface area contributed by atoms with Gasteiger partial charge in [-0.25, -0.2) is 0 Å². The summed E-state index contributed by atoms with van der Waals surface area (Å²) in [5.41, 5.74) is 2.28. The largest absolute Gasteiger partial charge is 0.326 e. The molecule has 0 aliphatic rings. The number of anilines is 1. The number of halogens is 1. The Balaban J connectivity index is 0.00000625. The first kappa shape index (κ1) is 24.9. The van der Waals surface area contributed by atoms with Crippen molar-refractivity contribution >= 4 is 24.0 Å². The number of unbranched alkanes of at least 4 members (excludes halogenated alkanes) is 7. The summed E-state index contributed by atoms with van der Waals surface area (Å²) >= 11 is 0. The van der Waals surface area contributed by atoms with Gasteiger partial charge in [-0.2, -0.15) is 0 Å². The van der Waals surface area contributed by atoms with Gasteiger partial charge >= 0.3 is 0 Å². The minimum atomic E-state index is 0. The number of rotatable bonds is 14. The number of nitrogens with one attached hydrogen (secondary N) is 1. The molecule has 0 saturated heterocycles. The second-order valence-electron chi connectivity index (χ2n) is 7.38. The van der Waals surface area contributed by atoms with Crippen LogP contribution in [0.25, 0.3) is 0 Å². The van der Waals surface area contributed by atoms with E-state index in [1.54, 1.807) is 0 Å². The zero-order chi connectivity index (χ0) is 18.3. The maximum Gasteiger partial charge on any atom is 0.224 e. The molecule has 1 rings (SSSR count). The molecule has 150 valence electrons. The predicted molar refractivity (Wildman–Crippen MR) is 116 cm³/mol. The van der Waals surface area contributed by atoms with Gasteiger partial charge in [-0.3, -0.25) is 4.79 Å². The van der Waals surface area contributed by atoms with Crippen LogP contribution in [0.1, 0.15) is 76.7 Å². The van der Waals surface area contributed by atoms with E-state index in [1.165, 1.54) is 56.9 Å². The molecule has 1 N–H and O–H groups in total. The smallest absolute Gasteiger partial charge is 0.224 e. The third-order valence-corrected chi connectivity index (χ3v) is 4.57. The van der Waals surface area contributed by atoms with E-state index in [2.05, 4.69) is 29.3 Å². The van der Waals surface area contributed by atoms with E-state index in [-0.39, 0.29) is 18.3 Å². The van der Waals surface area contributed by atoms with Crippen molar-refractivity contribution < 1.29 is 4.79 Å². The highest BCUT2D eigenvalue weighted by atomic mass is 35.5. The van der Waals surface area contributed by atoms with Gasteiger partial charge in [0.15, 0.2) is 0 Å². The highest BCUT2D eigenvalue weighted by Crippen LogP contribution is 2.14. The van der Waals surface area contributed by atoms with Crippen molar-refractivity contribution in [1.29, 1.82) is 0 Å². The summed E-state index contributed by atoms with van der Waals surface area (Å²) in [5.74, 6) is 0.109. The average molecular weight is 383 g/mol. The molecule has 1 aromatic carbocycles. The molecule has 1 amide bonds. The van der Waals surface area contributed by atoms with Gasteiger partial charge in [0.25, 0.3) is 0 Å². The lowest BCUT2D eigenvalue weighted by atomic mass is 10.0. The fraction of sp³-hybridized carbons (Fsp3) is 0.682. The summed E-state index contributed by atoms with van der Waals surface area (Å²) in [5, 5.41) is 2.99. The van der Waals surface area contributed by atoms with Gasteiger partial charge in [-0.05, 0) is 57.6 Å². The highest BCUT2D eigenvalue weighted by molar-refractivity contribution is 5.90. The number of amides is 1. The Labute approximate surface area is 167 Å². The molecule has 0 radical (unpaired) electrons. The second-order valence-corrected chi connectivity index (χ2v) is 7.38. The third kappa shape index (κ3) is 13.2. The maximum absolute atomic E-state index is 11.9. The standard InChI is InChI=1S/C22H38N2O.ClH/c1-4-5-6-7-8-9-10-11-13-20-15-17-21(18-16-20)23-22(25)14-12-19-24(2)3;/h15-18H,4-14,19H2,1-3H3,(H,23,25);1H. The Hall–Kier alpha value is -1.06. The molecule has 0 fully saturated rings. The molecule has 0 spiro atoms. The van der Waals surface area contributed by atoms with Crippen molar-refractivity contribution in [2.45, 2.75) is 77.6 Å². The summed E-state index contributed by atoms with van der Waals surface area (Å²) in [4.78, 5) is 14.0. The van der Waals surface area contributed by atoms with Gasteiger partial charge in [0.1, 0.15) is 0 Å². The zero-order valence-electron chi connectivity index (χ0n) is 17.1. The second kappa shape index (κ2) is 16.1. The summed E-state index contributed by atoms with van der Waals surface area (Å²) in [6.45, 7) is 3.22. The van der Waals surface area contributed by atoms with Crippen LogP contribution in [-0.4, -0.2) is 31.4 Å².